The maximum atomic E-state index is 12.5. The molecule has 1 aliphatic rings. The molecule has 0 aromatic heterocycles. The van der Waals surface area contributed by atoms with Crippen molar-refractivity contribution in [2.75, 3.05) is 6.61 Å². The lowest BCUT2D eigenvalue weighted by molar-refractivity contribution is -0.115. The van der Waals surface area contributed by atoms with Crippen LogP contribution in [0, 0.1) is 0 Å². The molecule has 0 saturated carbocycles. The second-order valence-electron chi connectivity index (χ2n) is 6.36. The van der Waals surface area contributed by atoms with Crippen LogP contribution in [0.2, 0.25) is 0 Å². The van der Waals surface area contributed by atoms with Gasteiger partial charge >= 0.3 is 0 Å². The Bertz CT molecular complexity index is 1070. The molecule has 1 N–H and O–H groups in total. The van der Waals surface area contributed by atoms with Gasteiger partial charge in [-0.3, -0.25) is 4.79 Å². The van der Waals surface area contributed by atoms with Gasteiger partial charge in [0.2, 0.25) is 0 Å². The van der Waals surface area contributed by atoms with Gasteiger partial charge in [0.1, 0.15) is 5.75 Å². The van der Waals surface area contributed by atoms with Gasteiger partial charge in [-0.2, -0.15) is 0 Å². The quantitative estimate of drug-likeness (QED) is 0.586. The first-order valence-electron chi connectivity index (χ1n) is 9.24. The summed E-state index contributed by atoms with van der Waals surface area (Å²) in [6.07, 6.45) is 2.83. The molecule has 4 rings (SSSR count). The maximum absolute atomic E-state index is 12.5. The summed E-state index contributed by atoms with van der Waals surface area (Å²) in [5.41, 5.74) is 1.73. The molecule has 0 radical (unpaired) electrons. The molecule has 4 nitrogen and oxygen atoms in total. The Hall–Kier alpha value is -3.05. The molecule has 1 fully saturated rings. The highest BCUT2D eigenvalue weighted by Crippen LogP contribution is 2.34. The number of fused-ring (bicyclic) bond motifs is 1. The molecule has 1 saturated heterocycles. The topological polar surface area (TPSA) is 50.7 Å². The van der Waals surface area contributed by atoms with Crippen molar-refractivity contribution in [2.24, 2.45) is 4.99 Å². The molecule has 5 heteroatoms. The standard InChI is InChI=1S/C23H20N2O2S/c1-2-14-27-20-13-12-16-8-6-7-11-18(16)19(20)15-21-22(26)25-23(28-21)24-17-9-4-3-5-10-17/h3-13,15H,2,14H2,1H3,(H,24,25,26)/b21-15+. The van der Waals surface area contributed by atoms with Gasteiger partial charge in [0.25, 0.3) is 5.91 Å². The van der Waals surface area contributed by atoms with Crippen LogP contribution in [-0.4, -0.2) is 17.7 Å². The summed E-state index contributed by atoms with van der Waals surface area (Å²) < 4.78 is 5.95. The van der Waals surface area contributed by atoms with Crippen LogP contribution in [0.25, 0.3) is 16.8 Å². The first kappa shape index (κ1) is 18.3. The van der Waals surface area contributed by atoms with Gasteiger partial charge in [0, 0.05) is 5.56 Å². The van der Waals surface area contributed by atoms with E-state index in [0.717, 1.165) is 34.2 Å². The van der Waals surface area contributed by atoms with Crippen LogP contribution in [-0.2, 0) is 4.79 Å². The van der Waals surface area contributed by atoms with Crippen LogP contribution >= 0.6 is 11.8 Å². The van der Waals surface area contributed by atoms with Crippen molar-refractivity contribution in [2.45, 2.75) is 13.3 Å². The predicted octanol–water partition coefficient (Wildman–Crippen LogP) is 5.52. The second kappa shape index (κ2) is 8.31. The van der Waals surface area contributed by atoms with Crippen molar-refractivity contribution in [3.05, 3.63) is 77.2 Å². The number of carbonyl (C=O) groups is 1. The Morgan fingerprint density at radius 2 is 1.82 bits per heavy atom. The number of nitrogens with one attached hydrogen (secondary N) is 1. The van der Waals surface area contributed by atoms with E-state index < -0.39 is 0 Å². The molecule has 0 spiro atoms. The number of benzene rings is 3. The number of hydrogen-bond donors (Lipinski definition) is 1. The van der Waals surface area contributed by atoms with Crippen molar-refractivity contribution in [1.82, 2.24) is 5.32 Å². The highest BCUT2D eigenvalue weighted by molar-refractivity contribution is 8.18. The average Bonchev–Trinajstić information content (AvgIpc) is 3.07. The summed E-state index contributed by atoms with van der Waals surface area (Å²) in [5.74, 6) is 0.643. The number of nitrogens with zero attached hydrogens (tertiary/aromatic N) is 1. The molecular formula is C23H20N2O2S. The number of amidine groups is 1. The lowest BCUT2D eigenvalue weighted by Gasteiger charge is -2.11. The zero-order valence-corrected chi connectivity index (χ0v) is 16.3. The molecule has 1 heterocycles. The molecule has 1 amide bonds. The fourth-order valence-electron chi connectivity index (χ4n) is 2.99. The number of aliphatic imine (C=N–C) groups is 1. The number of amides is 1. The molecule has 0 aliphatic carbocycles. The minimum Gasteiger partial charge on any atom is -0.493 e. The van der Waals surface area contributed by atoms with E-state index in [-0.39, 0.29) is 5.91 Å². The molecule has 0 bridgehead atoms. The smallest absolute Gasteiger partial charge is 0.264 e. The van der Waals surface area contributed by atoms with Crippen molar-refractivity contribution in [1.29, 1.82) is 0 Å². The average molecular weight is 388 g/mol. The Morgan fingerprint density at radius 3 is 2.64 bits per heavy atom. The number of rotatable bonds is 5. The van der Waals surface area contributed by atoms with Crippen LogP contribution in [0.3, 0.4) is 0 Å². The van der Waals surface area contributed by atoms with E-state index in [2.05, 4.69) is 29.4 Å². The van der Waals surface area contributed by atoms with Gasteiger partial charge in [-0.05, 0) is 53.2 Å². The highest BCUT2D eigenvalue weighted by Gasteiger charge is 2.24. The van der Waals surface area contributed by atoms with E-state index in [0.29, 0.717) is 16.7 Å². The third-order valence-corrected chi connectivity index (χ3v) is 5.22. The summed E-state index contributed by atoms with van der Waals surface area (Å²) in [6.45, 7) is 2.71. The van der Waals surface area contributed by atoms with Crippen LogP contribution in [0.15, 0.2) is 76.6 Å². The first-order chi connectivity index (χ1) is 13.7. The van der Waals surface area contributed by atoms with Crippen molar-refractivity contribution in [3.8, 4) is 5.75 Å². The summed E-state index contributed by atoms with van der Waals surface area (Å²) >= 11 is 1.34. The summed E-state index contributed by atoms with van der Waals surface area (Å²) in [6, 6.07) is 21.7. The normalized spacial score (nSPS) is 16.7. The SMILES string of the molecule is CCCOc1ccc2ccccc2c1/C=C1/SC(=Nc2ccccc2)NC1=O. The van der Waals surface area contributed by atoms with E-state index in [4.69, 9.17) is 4.74 Å². The fraction of sp³-hybridized carbons (Fsp3) is 0.130. The summed E-state index contributed by atoms with van der Waals surface area (Å²) in [5, 5.41) is 5.60. The van der Waals surface area contributed by atoms with E-state index in [1.54, 1.807) is 0 Å². The minimum atomic E-state index is -0.144. The van der Waals surface area contributed by atoms with Gasteiger partial charge in [0.05, 0.1) is 17.2 Å². The van der Waals surface area contributed by atoms with Crippen molar-refractivity contribution in [3.63, 3.8) is 0 Å². The monoisotopic (exact) mass is 388 g/mol. The number of hydrogen-bond acceptors (Lipinski definition) is 4. The van der Waals surface area contributed by atoms with E-state index in [9.17, 15) is 4.79 Å². The van der Waals surface area contributed by atoms with Gasteiger partial charge in [-0.15, -0.1) is 0 Å². The Morgan fingerprint density at radius 1 is 1.04 bits per heavy atom. The zero-order valence-electron chi connectivity index (χ0n) is 15.5. The molecule has 0 atom stereocenters. The van der Waals surface area contributed by atoms with Crippen LogP contribution < -0.4 is 10.1 Å². The molecule has 0 unspecified atom stereocenters. The minimum absolute atomic E-state index is 0.144. The molecule has 140 valence electrons. The number of ether oxygens (including phenoxy) is 1. The van der Waals surface area contributed by atoms with Crippen LogP contribution in [0.4, 0.5) is 5.69 Å². The molecule has 1 aliphatic heterocycles. The zero-order chi connectivity index (χ0) is 19.3. The molecule has 3 aromatic carbocycles. The molecule has 3 aromatic rings. The lowest BCUT2D eigenvalue weighted by Crippen LogP contribution is -2.19. The Balaban J connectivity index is 1.72. The third-order valence-electron chi connectivity index (χ3n) is 4.31. The lowest BCUT2D eigenvalue weighted by atomic mass is 10.0. The highest BCUT2D eigenvalue weighted by atomic mass is 32.2. The Labute approximate surface area is 168 Å². The number of carbonyl (C=O) groups excluding carboxylic acids is 1. The van der Waals surface area contributed by atoms with Crippen LogP contribution in [0.5, 0.6) is 5.75 Å². The maximum Gasteiger partial charge on any atom is 0.264 e. The largest absolute Gasteiger partial charge is 0.493 e. The fourth-order valence-corrected chi connectivity index (χ4v) is 3.82. The van der Waals surface area contributed by atoms with Gasteiger partial charge in [-0.1, -0.05) is 55.5 Å². The van der Waals surface area contributed by atoms with Crippen LogP contribution in [0.1, 0.15) is 18.9 Å². The van der Waals surface area contributed by atoms with Crippen molar-refractivity contribution >= 4 is 45.4 Å². The van der Waals surface area contributed by atoms with E-state index >= 15 is 0 Å². The summed E-state index contributed by atoms with van der Waals surface area (Å²) in [4.78, 5) is 17.6. The first-order valence-corrected chi connectivity index (χ1v) is 10.1. The van der Waals surface area contributed by atoms with E-state index in [1.165, 1.54) is 11.8 Å². The number of thioether (sulfide) groups is 1. The van der Waals surface area contributed by atoms with Gasteiger partial charge in [-0.25, -0.2) is 4.99 Å². The van der Waals surface area contributed by atoms with E-state index in [1.807, 2.05) is 60.7 Å². The Kier molecular flexibility index (Phi) is 5.44. The van der Waals surface area contributed by atoms with Crippen molar-refractivity contribution < 1.29 is 9.53 Å². The number of para-hydroxylation sites is 1. The van der Waals surface area contributed by atoms with Gasteiger partial charge in [0.15, 0.2) is 5.17 Å². The molecule has 28 heavy (non-hydrogen) atoms. The summed E-state index contributed by atoms with van der Waals surface area (Å²) in [7, 11) is 0. The predicted molar refractivity (Wildman–Crippen MR) is 117 cm³/mol. The molecular weight excluding hydrogens is 368 g/mol. The third kappa shape index (κ3) is 3.94. The second-order valence-corrected chi connectivity index (χ2v) is 7.39. The van der Waals surface area contributed by atoms with Gasteiger partial charge < -0.3 is 10.1 Å².